The van der Waals surface area contributed by atoms with Gasteiger partial charge in [0, 0.05) is 0 Å². The molecule has 0 aliphatic heterocycles. The van der Waals surface area contributed by atoms with Crippen LogP contribution in [0.25, 0.3) is 0 Å². The predicted octanol–water partition coefficient (Wildman–Crippen LogP) is -0.0803. The lowest BCUT2D eigenvalue weighted by atomic mass is 10.2. The van der Waals surface area contributed by atoms with Crippen LogP contribution in [0.2, 0.25) is 0 Å². The van der Waals surface area contributed by atoms with Gasteiger partial charge >= 0.3 is 0 Å². The quantitative estimate of drug-likeness (QED) is 0.389. The fraction of sp³-hybridized carbons (Fsp3) is 0.750. The minimum Gasteiger partial charge on any atom is -0.392 e. The number of nitrogens with two attached hydrogens (primary N) is 2. The molecule has 0 fully saturated rings. The summed E-state index contributed by atoms with van der Waals surface area (Å²) in [6.45, 7) is 0. The summed E-state index contributed by atoms with van der Waals surface area (Å²) in [5.41, 5.74) is 10.6. The second-order valence-electron chi connectivity index (χ2n) is 1.52. The van der Waals surface area contributed by atoms with E-state index in [2.05, 4.69) is 24.8 Å². The van der Waals surface area contributed by atoms with Crippen LogP contribution in [-0.2, 0) is 0 Å². The summed E-state index contributed by atoms with van der Waals surface area (Å²) < 4.78 is 0. The van der Waals surface area contributed by atoms with Gasteiger partial charge in [-0.3, -0.25) is 0 Å². The highest BCUT2D eigenvalue weighted by molar-refractivity contribution is 7.80. The zero-order valence-corrected chi connectivity index (χ0v) is 6.21. The first-order chi connectivity index (χ1) is 3.68. The molecule has 4 heteroatoms. The van der Waals surface area contributed by atoms with Crippen molar-refractivity contribution in [1.29, 1.82) is 0 Å². The van der Waals surface area contributed by atoms with Gasteiger partial charge in [-0.1, -0.05) is 12.2 Å². The lowest BCUT2D eigenvalue weighted by Gasteiger charge is -2.04. The summed E-state index contributed by atoms with van der Waals surface area (Å²) in [7, 11) is 0. The second-order valence-corrected chi connectivity index (χ2v) is 2.44. The van der Waals surface area contributed by atoms with Gasteiger partial charge in [-0.25, -0.2) is 0 Å². The van der Waals surface area contributed by atoms with Crippen molar-refractivity contribution in [2.24, 2.45) is 11.5 Å². The van der Waals surface area contributed by atoms with E-state index in [1.165, 1.54) is 0 Å². The lowest BCUT2D eigenvalue weighted by molar-refractivity contribution is 0.834. The number of hydrogen-bond donors (Lipinski definition) is 3. The molecule has 0 aliphatic carbocycles. The van der Waals surface area contributed by atoms with E-state index in [4.69, 9.17) is 11.5 Å². The van der Waals surface area contributed by atoms with Gasteiger partial charge in [-0.05, 0) is 12.2 Å². The number of rotatable bonds is 3. The Morgan fingerprint density at radius 2 is 2.25 bits per heavy atom. The van der Waals surface area contributed by atoms with Crippen molar-refractivity contribution in [3.63, 3.8) is 0 Å². The number of thiol groups is 1. The fourth-order valence-electron chi connectivity index (χ4n) is 0.281. The molecule has 0 saturated carbocycles. The van der Waals surface area contributed by atoms with Crippen LogP contribution in [0.4, 0.5) is 0 Å². The maximum Gasteiger partial charge on any atom is 0.0897 e. The SMILES string of the molecule is NC(=S)[C@@H](N)CCS. The molecule has 0 radical (unpaired) electrons. The van der Waals surface area contributed by atoms with Crippen molar-refractivity contribution in [2.75, 3.05) is 5.75 Å². The normalized spacial score (nSPS) is 13.2. The molecule has 0 aromatic heterocycles. The Labute approximate surface area is 60.0 Å². The Hall–Kier alpha value is 0.200. The predicted molar refractivity (Wildman–Crippen MR) is 43.2 cm³/mol. The van der Waals surface area contributed by atoms with Crippen LogP contribution in [-0.4, -0.2) is 16.8 Å². The highest BCUT2D eigenvalue weighted by Crippen LogP contribution is 1.89. The van der Waals surface area contributed by atoms with Crippen molar-refractivity contribution < 1.29 is 0 Å². The van der Waals surface area contributed by atoms with Gasteiger partial charge in [0.1, 0.15) is 0 Å². The minimum absolute atomic E-state index is 0.150. The molecule has 0 rings (SSSR count). The van der Waals surface area contributed by atoms with Crippen LogP contribution >= 0.6 is 24.8 Å². The van der Waals surface area contributed by atoms with E-state index in [1.807, 2.05) is 0 Å². The van der Waals surface area contributed by atoms with Crippen LogP contribution in [0.1, 0.15) is 6.42 Å². The van der Waals surface area contributed by atoms with Crippen molar-refractivity contribution in [3.05, 3.63) is 0 Å². The summed E-state index contributed by atoms with van der Waals surface area (Å²) in [4.78, 5) is 0.374. The fourth-order valence-corrected chi connectivity index (χ4v) is 0.677. The first kappa shape index (κ1) is 8.20. The van der Waals surface area contributed by atoms with E-state index in [-0.39, 0.29) is 6.04 Å². The second kappa shape index (κ2) is 4.12. The smallest absolute Gasteiger partial charge is 0.0897 e. The zero-order valence-electron chi connectivity index (χ0n) is 4.50. The van der Waals surface area contributed by atoms with Gasteiger partial charge in [0.25, 0.3) is 0 Å². The molecule has 8 heavy (non-hydrogen) atoms. The molecule has 0 amide bonds. The molecule has 2 nitrogen and oxygen atoms in total. The molecule has 0 aromatic carbocycles. The highest BCUT2D eigenvalue weighted by Gasteiger charge is 2.01. The monoisotopic (exact) mass is 150 g/mol. The zero-order chi connectivity index (χ0) is 6.57. The summed E-state index contributed by atoms with van der Waals surface area (Å²) in [5, 5.41) is 0. The van der Waals surface area contributed by atoms with E-state index in [0.717, 1.165) is 12.2 Å². The van der Waals surface area contributed by atoms with E-state index in [9.17, 15) is 0 Å². The maximum atomic E-state index is 5.41. The standard InChI is InChI=1S/C4H10N2S2/c5-3(1-2-7)4(6)8/h3,7H,1-2,5H2,(H2,6,8)/t3-/m0/s1. The third-order valence-corrected chi connectivity index (χ3v) is 1.37. The Bertz CT molecular complexity index is 84.1. The topological polar surface area (TPSA) is 52.0 Å². The van der Waals surface area contributed by atoms with Crippen LogP contribution in [0.5, 0.6) is 0 Å². The summed E-state index contributed by atoms with van der Waals surface area (Å²) in [6, 6.07) is -0.150. The van der Waals surface area contributed by atoms with E-state index >= 15 is 0 Å². The summed E-state index contributed by atoms with van der Waals surface area (Å²) in [6.07, 6.45) is 0.762. The van der Waals surface area contributed by atoms with Gasteiger partial charge in [-0.2, -0.15) is 12.6 Å². The molecule has 0 unspecified atom stereocenters. The van der Waals surface area contributed by atoms with Crippen LogP contribution in [0, 0.1) is 0 Å². The molecule has 0 heterocycles. The average molecular weight is 150 g/mol. The van der Waals surface area contributed by atoms with Gasteiger partial charge < -0.3 is 11.5 Å². The molecule has 1 atom stereocenters. The Kier molecular flexibility index (Phi) is 4.22. The lowest BCUT2D eigenvalue weighted by Crippen LogP contribution is -2.35. The Balaban J connectivity index is 3.32. The molecule has 4 N–H and O–H groups in total. The van der Waals surface area contributed by atoms with E-state index < -0.39 is 0 Å². The average Bonchev–Trinajstić information content (AvgIpc) is 1.67. The molecular weight excluding hydrogens is 140 g/mol. The maximum absolute atomic E-state index is 5.41. The molecular formula is C4H10N2S2. The highest BCUT2D eigenvalue weighted by atomic mass is 32.1. The molecule has 0 aliphatic rings. The summed E-state index contributed by atoms with van der Waals surface area (Å²) in [5.74, 6) is 0.735. The van der Waals surface area contributed by atoms with Gasteiger partial charge in [0.05, 0.1) is 11.0 Å². The number of thiocarbonyl (C=S) groups is 1. The largest absolute Gasteiger partial charge is 0.392 e. The molecule has 0 spiro atoms. The first-order valence-electron chi connectivity index (χ1n) is 2.34. The third-order valence-electron chi connectivity index (χ3n) is 0.806. The van der Waals surface area contributed by atoms with Crippen molar-refractivity contribution in [3.8, 4) is 0 Å². The molecule has 0 bridgehead atoms. The van der Waals surface area contributed by atoms with Crippen molar-refractivity contribution in [1.82, 2.24) is 0 Å². The van der Waals surface area contributed by atoms with Crippen molar-refractivity contribution in [2.45, 2.75) is 12.5 Å². The van der Waals surface area contributed by atoms with E-state index in [0.29, 0.717) is 4.99 Å². The van der Waals surface area contributed by atoms with Crippen LogP contribution in [0.3, 0.4) is 0 Å². The van der Waals surface area contributed by atoms with Crippen LogP contribution in [0.15, 0.2) is 0 Å². The van der Waals surface area contributed by atoms with E-state index in [1.54, 1.807) is 0 Å². The Morgan fingerprint density at radius 3 is 2.38 bits per heavy atom. The van der Waals surface area contributed by atoms with Gasteiger partial charge in [0.2, 0.25) is 0 Å². The summed E-state index contributed by atoms with van der Waals surface area (Å²) >= 11 is 8.56. The molecule has 0 aromatic rings. The third kappa shape index (κ3) is 3.23. The molecule has 0 saturated heterocycles. The van der Waals surface area contributed by atoms with Gasteiger partial charge in [-0.15, -0.1) is 0 Å². The first-order valence-corrected chi connectivity index (χ1v) is 3.38. The minimum atomic E-state index is -0.150. The van der Waals surface area contributed by atoms with Crippen molar-refractivity contribution >= 4 is 29.8 Å². The number of hydrogen-bond acceptors (Lipinski definition) is 3. The Morgan fingerprint density at radius 1 is 1.75 bits per heavy atom. The van der Waals surface area contributed by atoms with Crippen LogP contribution < -0.4 is 11.5 Å². The molecule has 48 valence electrons. The van der Waals surface area contributed by atoms with Gasteiger partial charge in [0.15, 0.2) is 0 Å².